The van der Waals surface area contributed by atoms with Crippen molar-refractivity contribution in [1.82, 2.24) is 5.32 Å². The normalized spacial score (nSPS) is 23.4. The summed E-state index contributed by atoms with van der Waals surface area (Å²) < 4.78 is 0. The van der Waals surface area contributed by atoms with Gasteiger partial charge in [0.05, 0.1) is 0 Å². The van der Waals surface area contributed by atoms with Gasteiger partial charge >= 0.3 is 0 Å². The first kappa shape index (κ1) is 11.7. The lowest BCUT2D eigenvalue weighted by molar-refractivity contribution is 0.459. The first-order valence-electron chi connectivity index (χ1n) is 5.76. The molecule has 1 aromatic carbocycles. The second-order valence-electron chi connectivity index (χ2n) is 4.83. The number of phenols is 1. The van der Waals surface area contributed by atoms with Gasteiger partial charge in [-0.2, -0.15) is 0 Å². The predicted molar refractivity (Wildman–Crippen MR) is 66.8 cm³/mol. The zero-order chi connectivity index (χ0) is 11.7. The van der Waals surface area contributed by atoms with E-state index in [2.05, 4.69) is 12.2 Å². The van der Waals surface area contributed by atoms with Crippen molar-refractivity contribution in [2.45, 2.75) is 26.8 Å². The monoisotopic (exact) mass is 239 g/mol. The van der Waals surface area contributed by atoms with Gasteiger partial charge < -0.3 is 10.4 Å². The molecule has 2 atom stereocenters. The van der Waals surface area contributed by atoms with Gasteiger partial charge in [0, 0.05) is 17.1 Å². The van der Waals surface area contributed by atoms with Crippen LogP contribution in [-0.4, -0.2) is 11.7 Å². The quantitative estimate of drug-likeness (QED) is 0.846. The molecular formula is C13H18ClNO. The minimum absolute atomic E-state index is 0.362. The maximum Gasteiger partial charge on any atom is 0.123 e. The van der Waals surface area contributed by atoms with Crippen LogP contribution in [0.2, 0.25) is 5.02 Å². The van der Waals surface area contributed by atoms with Crippen molar-refractivity contribution < 1.29 is 5.11 Å². The van der Waals surface area contributed by atoms with Gasteiger partial charge in [0.25, 0.3) is 0 Å². The highest BCUT2D eigenvalue weighted by Crippen LogP contribution is 2.37. The van der Waals surface area contributed by atoms with E-state index in [1.165, 1.54) is 6.42 Å². The molecule has 2 nitrogen and oxygen atoms in total. The molecule has 1 aromatic rings. The fraction of sp³-hybridized carbons (Fsp3) is 0.538. The maximum atomic E-state index is 9.86. The SMILES string of the molecule is Cc1cc(Cl)cc(CNCC2CC2C)c1O. The highest BCUT2D eigenvalue weighted by atomic mass is 35.5. The molecule has 0 bridgehead atoms. The molecule has 1 fully saturated rings. The van der Waals surface area contributed by atoms with Crippen molar-refractivity contribution in [2.75, 3.05) is 6.54 Å². The third-order valence-corrected chi connectivity index (χ3v) is 3.56. The Bertz CT molecular complexity index is 392. The van der Waals surface area contributed by atoms with Crippen LogP contribution in [0.4, 0.5) is 0 Å². The van der Waals surface area contributed by atoms with Gasteiger partial charge in [-0.15, -0.1) is 0 Å². The van der Waals surface area contributed by atoms with Crippen LogP contribution in [-0.2, 0) is 6.54 Å². The van der Waals surface area contributed by atoms with Gasteiger partial charge in [0.15, 0.2) is 0 Å². The van der Waals surface area contributed by atoms with E-state index in [0.717, 1.165) is 29.5 Å². The number of benzene rings is 1. The average Bonchev–Trinajstić information content (AvgIpc) is 2.90. The summed E-state index contributed by atoms with van der Waals surface area (Å²) in [6, 6.07) is 3.61. The second-order valence-corrected chi connectivity index (χ2v) is 5.27. The Morgan fingerprint density at radius 1 is 1.50 bits per heavy atom. The lowest BCUT2D eigenvalue weighted by Crippen LogP contribution is -2.17. The maximum absolute atomic E-state index is 9.86. The summed E-state index contributed by atoms with van der Waals surface area (Å²) >= 11 is 5.96. The molecule has 0 saturated heterocycles. The summed E-state index contributed by atoms with van der Waals surface area (Å²) in [6.07, 6.45) is 1.33. The summed E-state index contributed by atoms with van der Waals surface area (Å²) in [5.74, 6) is 2.05. The highest BCUT2D eigenvalue weighted by Gasteiger charge is 2.31. The van der Waals surface area contributed by atoms with E-state index in [4.69, 9.17) is 11.6 Å². The van der Waals surface area contributed by atoms with Crippen LogP contribution in [0.5, 0.6) is 5.75 Å². The topological polar surface area (TPSA) is 32.3 Å². The summed E-state index contributed by atoms with van der Waals surface area (Å²) in [6.45, 7) is 5.86. The van der Waals surface area contributed by atoms with Crippen molar-refractivity contribution in [1.29, 1.82) is 0 Å². The van der Waals surface area contributed by atoms with Crippen molar-refractivity contribution >= 4 is 11.6 Å². The zero-order valence-electron chi connectivity index (χ0n) is 9.76. The molecule has 16 heavy (non-hydrogen) atoms. The Balaban J connectivity index is 1.93. The van der Waals surface area contributed by atoms with Crippen molar-refractivity contribution in [3.63, 3.8) is 0 Å². The number of hydrogen-bond donors (Lipinski definition) is 2. The third kappa shape index (κ3) is 2.69. The van der Waals surface area contributed by atoms with E-state index < -0.39 is 0 Å². The van der Waals surface area contributed by atoms with E-state index >= 15 is 0 Å². The van der Waals surface area contributed by atoms with Crippen LogP contribution >= 0.6 is 11.6 Å². The van der Waals surface area contributed by atoms with Gasteiger partial charge in [0.2, 0.25) is 0 Å². The average molecular weight is 240 g/mol. The first-order chi connectivity index (χ1) is 7.58. The van der Waals surface area contributed by atoms with Crippen LogP contribution in [0, 0.1) is 18.8 Å². The Hall–Kier alpha value is -0.730. The van der Waals surface area contributed by atoms with Crippen LogP contribution in [0.25, 0.3) is 0 Å². The molecular weight excluding hydrogens is 222 g/mol. The van der Waals surface area contributed by atoms with Crippen LogP contribution in [0.3, 0.4) is 0 Å². The first-order valence-corrected chi connectivity index (χ1v) is 6.14. The van der Waals surface area contributed by atoms with Gasteiger partial charge in [-0.25, -0.2) is 0 Å². The van der Waals surface area contributed by atoms with Gasteiger partial charge in [-0.3, -0.25) is 0 Å². The molecule has 2 unspecified atom stereocenters. The zero-order valence-corrected chi connectivity index (χ0v) is 10.5. The van der Waals surface area contributed by atoms with E-state index in [0.29, 0.717) is 17.3 Å². The van der Waals surface area contributed by atoms with Gasteiger partial charge in [-0.05, 0) is 49.4 Å². The van der Waals surface area contributed by atoms with E-state index in [1.807, 2.05) is 13.0 Å². The molecule has 0 radical (unpaired) electrons. The summed E-state index contributed by atoms with van der Waals surface area (Å²) in [5, 5.41) is 13.9. The molecule has 0 spiro atoms. The number of phenolic OH excluding ortho intramolecular Hbond substituents is 1. The third-order valence-electron chi connectivity index (χ3n) is 3.34. The number of aromatic hydroxyl groups is 1. The smallest absolute Gasteiger partial charge is 0.123 e. The number of nitrogens with one attached hydrogen (secondary N) is 1. The molecule has 2 rings (SSSR count). The molecule has 1 saturated carbocycles. The summed E-state index contributed by atoms with van der Waals surface area (Å²) in [5.41, 5.74) is 1.72. The molecule has 2 N–H and O–H groups in total. The van der Waals surface area contributed by atoms with Crippen LogP contribution < -0.4 is 5.32 Å². The molecule has 0 aliphatic heterocycles. The van der Waals surface area contributed by atoms with Crippen molar-refractivity contribution in [3.05, 3.63) is 28.3 Å². The fourth-order valence-electron chi connectivity index (χ4n) is 2.02. The van der Waals surface area contributed by atoms with Crippen LogP contribution in [0.15, 0.2) is 12.1 Å². The Labute approximate surface area is 102 Å². The number of hydrogen-bond acceptors (Lipinski definition) is 2. The number of rotatable bonds is 4. The standard InChI is InChI=1S/C13H18ClNO/c1-8-3-10(8)6-15-7-11-5-12(14)4-9(2)13(11)16/h4-5,8,10,15-16H,3,6-7H2,1-2H3. The molecule has 3 heteroatoms. The molecule has 1 aliphatic rings. The lowest BCUT2D eigenvalue weighted by Gasteiger charge is -2.09. The number of aryl methyl sites for hydroxylation is 1. The van der Waals surface area contributed by atoms with Crippen molar-refractivity contribution in [3.8, 4) is 5.75 Å². The molecule has 0 amide bonds. The van der Waals surface area contributed by atoms with Gasteiger partial charge in [0.1, 0.15) is 5.75 Å². The Morgan fingerprint density at radius 2 is 2.19 bits per heavy atom. The summed E-state index contributed by atoms with van der Waals surface area (Å²) in [4.78, 5) is 0. The predicted octanol–water partition coefficient (Wildman–Crippen LogP) is 3.10. The second kappa shape index (κ2) is 4.64. The van der Waals surface area contributed by atoms with Gasteiger partial charge in [-0.1, -0.05) is 18.5 Å². The molecule has 0 heterocycles. The minimum Gasteiger partial charge on any atom is -0.507 e. The Kier molecular flexibility index (Phi) is 3.41. The van der Waals surface area contributed by atoms with Crippen molar-refractivity contribution in [2.24, 2.45) is 11.8 Å². The minimum atomic E-state index is 0.362. The van der Waals surface area contributed by atoms with E-state index in [1.54, 1.807) is 6.07 Å². The summed E-state index contributed by atoms with van der Waals surface area (Å²) in [7, 11) is 0. The Morgan fingerprint density at radius 3 is 2.81 bits per heavy atom. The fourth-order valence-corrected chi connectivity index (χ4v) is 2.31. The van der Waals surface area contributed by atoms with E-state index in [-0.39, 0.29) is 0 Å². The largest absolute Gasteiger partial charge is 0.507 e. The van der Waals surface area contributed by atoms with Crippen LogP contribution in [0.1, 0.15) is 24.5 Å². The lowest BCUT2D eigenvalue weighted by atomic mass is 10.1. The number of halogens is 1. The molecule has 0 aromatic heterocycles. The molecule has 88 valence electrons. The molecule has 1 aliphatic carbocycles. The van der Waals surface area contributed by atoms with E-state index in [9.17, 15) is 5.11 Å². The highest BCUT2D eigenvalue weighted by molar-refractivity contribution is 6.30.